The molecule has 0 spiro atoms. The molecule has 124 valence electrons. The van der Waals surface area contributed by atoms with Crippen molar-refractivity contribution in [1.29, 1.82) is 0 Å². The molecule has 1 N–H and O–H groups in total. The van der Waals surface area contributed by atoms with E-state index in [9.17, 15) is 9.59 Å². The van der Waals surface area contributed by atoms with Gasteiger partial charge in [-0.15, -0.1) is 0 Å². The lowest BCUT2D eigenvalue weighted by Gasteiger charge is -2.38. The molecule has 0 saturated heterocycles. The predicted molar refractivity (Wildman–Crippen MR) is 86.4 cm³/mol. The molecule has 2 fully saturated rings. The van der Waals surface area contributed by atoms with E-state index in [0.29, 0.717) is 16.9 Å². The van der Waals surface area contributed by atoms with Crippen molar-refractivity contribution >= 4 is 11.9 Å². The number of hydrogen-bond acceptors (Lipinski definition) is 3. The number of esters is 1. The number of carbonyl (C=O) groups excluding carboxylic acids is 1. The molecule has 0 unspecified atom stereocenters. The van der Waals surface area contributed by atoms with E-state index in [1.165, 1.54) is 19.8 Å². The van der Waals surface area contributed by atoms with Crippen LogP contribution in [0.5, 0.6) is 0 Å². The van der Waals surface area contributed by atoms with Crippen molar-refractivity contribution in [3.63, 3.8) is 0 Å². The van der Waals surface area contributed by atoms with Gasteiger partial charge in [-0.2, -0.15) is 0 Å². The van der Waals surface area contributed by atoms with Gasteiger partial charge in [0.05, 0.1) is 0 Å². The Labute approximate surface area is 133 Å². The van der Waals surface area contributed by atoms with Crippen LogP contribution in [0.15, 0.2) is 24.3 Å². The lowest BCUT2D eigenvalue weighted by molar-refractivity contribution is -0.151. The Kier molecular flexibility index (Phi) is 5.26. The minimum absolute atomic E-state index is 0.0884. The summed E-state index contributed by atoms with van der Waals surface area (Å²) in [6, 6.07) is 0. The summed E-state index contributed by atoms with van der Waals surface area (Å²) in [6.45, 7) is 16.9. The Bertz CT molecular complexity index is 491. The Hall–Kier alpha value is -1.58. The monoisotopic (exact) mass is 308 g/mol. The molecule has 2 saturated carbocycles. The predicted octanol–water partition coefficient (Wildman–Crippen LogP) is 3.97. The van der Waals surface area contributed by atoms with Gasteiger partial charge in [0.25, 0.3) is 0 Å². The third-order valence-electron chi connectivity index (χ3n) is 5.68. The highest BCUT2D eigenvalue weighted by atomic mass is 16.5. The van der Waals surface area contributed by atoms with Gasteiger partial charge in [-0.1, -0.05) is 33.9 Å². The summed E-state index contributed by atoms with van der Waals surface area (Å²) in [7, 11) is 0. The molecule has 0 aliphatic heterocycles. The third-order valence-corrected chi connectivity index (χ3v) is 5.68. The van der Waals surface area contributed by atoms with E-state index < -0.39 is 5.97 Å². The molecule has 0 amide bonds. The van der Waals surface area contributed by atoms with Crippen LogP contribution in [0, 0.1) is 16.7 Å². The van der Waals surface area contributed by atoms with Crippen molar-refractivity contribution in [2.45, 2.75) is 60.0 Å². The highest BCUT2D eigenvalue weighted by molar-refractivity contribution is 5.87. The molecule has 2 bridgehead atoms. The van der Waals surface area contributed by atoms with Crippen molar-refractivity contribution in [2.75, 3.05) is 0 Å². The third kappa shape index (κ3) is 3.26. The molecule has 0 heterocycles. The number of rotatable bonds is 3. The maximum atomic E-state index is 11.6. The first-order valence-electron chi connectivity index (χ1n) is 7.68. The fourth-order valence-corrected chi connectivity index (χ4v) is 3.54. The van der Waals surface area contributed by atoms with Crippen LogP contribution in [0.25, 0.3) is 0 Å². The first kappa shape index (κ1) is 18.5. The van der Waals surface area contributed by atoms with Crippen molar-refractivity contribution in [3.8, 4) is 0 Å². The molecular formula is C18H28O4. The standard InChI is InChI=1S/C14H22O2.C4H6O2/c1-9(2)12(15)16-11-8-10-6-7-14(11,5)13(10,3)4;1-3(2)4(5)6/h10-11H,1,6-8H2,2-5H3;1H2,2H3,(H,5,6)/t10-,11-,14+;/m0./s1. The van der Waals surface area contributed by atoms with Gasteiger partial charge in [-0.05, 0) is 44.4 Å². The molecular weight excluding hydrogens is 280 g/mol. The average Bonchev–Trinajstić information content (AvgIpc) is 2.72. The van der Waals surface area contributed by atoms with E-state index >= 15 is 0 Å². The van der Waals surface area contributed by atoms with E-state index in [2.05, 4.69) is 33.9 Å². The van der Waals surface area contributed by atoms with Crippen molar-refractivity contribution in [1.82, 2.24) is 0 Å². The average molecular weight is 308 g/mol. The number of aliphatic carboxylic acids is 1. The number of fused-ring (bicyclic) bond motifs is 2. The quantitative estimate of drug-likeness (QED) is 0.633. The lowest BCUT2D eigenvalue weighted by Crippen LogP contribution is -2.38. The maximum absolute atomic E-state index is 11.6. The smallest absolute Gasteiger partial charge is 0.333 e. The number of carbonyl (C=O) groups is 2. The van der Waals surface area contributed by atoms with Crippen LogP contribution in [0.2, 0.25) is 0 Å². The van der Waals surface area contributed by atoms with E-state index in [-0.39, 0.29) is 23.1 Å². The SMILES string of the molecule is C=C(C)C(=O)O.C=C(C)C(=O)O[C@H]1C[C@@H]2CC[C@@]1(C)C2(C)C. The van der Waals surface area contributed by atoms with Gasteiger partial charge in [0.15, 0.2) is 0 Å². The molecule has 0 radical (unpaired) electrons. The van der Waals surface area contributed by atoms with Gasteiger partial charge in [0, 0.05) is 16.6 Å². The Morgan fingerprint density at radius 1 is 1.14 bits per heavy atom. The number of ether oxygens (including phenoxy) is 1. The molecule has 2 rings (SSSR count). The first-order chi connectivity index (χ1) is 9.93. The van der Waals surface area contributed by atoms with Gasteiger partial charge in [0.2, 0.25) is 0 Å². The van der Waals surface area contributed by atoms with Gasteiger partial charge < -0.3 is 9.84 Å². The second-order valence-electron chi connectivity index (χ2n) is 7.37. The minimum atomic E-state index is -0.935. The zero-order chi connectivity index (χ0) is 17.3. The summed E-state index contributed by atoms with van der Waals surface area (Å²) in [5.41, 5.74) is 1.13. The molecule has 2 aliphatic rings. The molecule has 0 aromatic carbocycles. The summed E-state index contributed by atoms with van der Waals surface area (Å²) in [5.74, 6) is -0.454. The summed E-state index contributed by atoms with van der Waals surface area (Å²) >= 11 is 0. The van der Waals surface area contributed by atoms with Crippen LogP contribution < -0.4 is 0 Å². The summed E-state index contributed by atoms with van der Waals surface area (Å²) in [4.78, 5) is 21.2. The highest BCUT2D eigenvalue weighted by Gasteiger charge is 2.62. The van der Waals surface area contributed by atoms with Gasteiger partial charge >= 0.3 is 11.9 Å². The number of carboxylic acid groups (broad SMARTS) is 1. The number of hydrogen-bond donors (Lipinski definition) is 1. The normalized spacial score (nSPS) is 31.0. The van der Waals surface area contributed by atoms with Crippen molar-refractivity contribution < 1.29 is 19.4 Å². The summed E-state index contributed by atoms with van der Waals surface area (Å²) < 4.78 is 5.61. The Balaban J connectivity index is 0.000000346. The van der Waals surface area contributed by atoms with Crippen LogP contribution >= 0.6 is 0 Å². The van der Waals surface area contributed by atoms with E-state index in [4.69, 9.17) is 9.84 Å². The van der Waals surface area contributed by atoms with Crippen LogP contribution in [-0.2, 0) is 14.3 Å². The first-order valence-corrected chi connectivity index (χ1v) is 7.68. The molecule has 4 heteroatoms. The fourth-order valence-electron chi connectivity index (χ4n) is 3.54. The minimum Gasteiger partial charge on any atom is -0.478 e. The van der Waals surface area contributed by atoms with Crippen LogP contribution in [0.4, 0.5) is 0 Å². The zero-order valence-electron chi connectivity index (χ0n) is 14.4. The van der Waals surface area contributed by atoms with Crippen LogP contribution in [0.1, 0.15) is 53.9 Å². The van der Waals surface area contributed by atoms with E-state index in [1.807, 2.05) is 0 Å². The fraction of sp³-hybridized carbons (Fsp3) is 0.667. The number of carboxylic acids is 1. The van der Waals surface area contributed by atoms with Crippen molar-refractivity contribution in [3.05, 3.63) is 24.3 Å². The van der Waals surface area contributed by atoms with Crippen LogP contribution in [0.3, 0.4) is 0 Å². The summed E-state index contributed by atoms with van der Waals surface area (Å²) in [6.07, 6.45) is 3.58. The zero-order valence-corrected chi connectivity index (χ0v) is 14.4. The largest absolute Gasteiger partial charge is 0.478 e. The van der Waals surface area contributed by atoms with Crippen molar-refractivity contribution in [2.24, 2.45) is 16.7 Å². The molecule has 0 aromatic heterocycles. The van der Waals surface area contributed by atoms with Crippen LogP contribution in [-0.4, -0.2) is 23.1 Å². The highest BCUT2D eigenvalue weighted by Crippen LogP contribution is 2.66. The second kappa shape index (κ2) is 6.27. The summed E-state index contributed by atoms with van der Waals surface area (Å²) in [5, 5.41) is 7.89. The van der Waals surface area contributed by atoms with E-state index in [1.54, 1.807) is 6.92 Å². The van der Waals surface area contributed by atoms with E-state index in [0.717, 1.165) is 6.42 Å². The molecule has 2 aliphatic carbocycles. The van der Waals surface area contributed by atoms with Gasteiger partial charge in [0.1, 0.15) is 6.10 Å². The Morgan fingerprint density at radius 2 is 1.64 bits per heavy atom. The maximum Gasteiger partial charge on any atom is 0.333 e. The second-order valence-corrected chi connectivity index (χ2v) is 7.37. The van der Waals surface area contributed by atoms with Gasteiger partial charge in [-0.3, -0.25) is 0 Å². The lowest BCUT2D eigenvalue weighted by atomic mass is 9.70. The molecule has 4 nitrogen and oxygen atoms in total. The topological polar surface area (TPSA) is 63.6 Å². The Morgan fingerprint density at radius 3 is 1.91 bits per heavy atom. The molecule has 3 atom stereocenters. The molecule has 22 heavy (non-hydrogen) atoms. The molecule has 0 aromatic rings. The van der Waals surface area contributed by atoms with Gasteiger partial charge in [-0.25, -0.2) is 9.59 Å².